The van der Waals surface area contributed by atoms with E-state index in [4.69, 9.17) is 9.52 Å². The molecule has 1 aromatic carbocycles. The van der Waals surface area contributed by atoms with Crippen molar-refractivity contribution in [2.24, 2.45) is 5.92 Å². The minimum atomic E-state index is -0.869. The highest BCUT2D eigenvalue weighted by Gasteiger charge is 2.15. The summed E-state index contributed by atoms with van der Waals surface area (Å²) in [5.41, 5.74) is 0.474. The van der Waals surface area contributed by atoms with Gasteiger partial charge in [0, 0.05) is 22.9 Å². The van der Waals surface area contributed by atoms with Gasteiger partial charge in [-0.1, -0.05) is 22.9 Å². The molecule has 0 bridgehead atoms. The summed E-state index contributed by atoms with van der Waals surface area (Å²) in [6.07, 6.45) is 0.402. The van der Waals surface area contributed by atoms with Crippen LogP contribution >= 0.6 is 15.9 Å². The number of aliphatic carboxylic acids is 1. The molecule has 20 heavy (non-hydrogen) atoms. The third-order valence-electron chi connectivity index (χ3n) is 2.62. The second kappa shape index (κ2) is 6.13. The number of carboxylic acids is 1. The molecule has 1 heterocycles. The fourth-order valence-electron chi connectivity index (χ4n) is 1.80. The average Bonchev–Trinajstić information content (AvgIpc) is 2.74. The Bertz CT molecular complexity index is 610. The summed E-state index contributed by atoms with van der Waals surface area (Å²) in [7, 11) is 0. The summed E-state index contributed by atoms with van der Waals surface area (Å²) in [6.45, 7) is 1.79. The van der Waals surface area contributed by atoms with Gasteiger partial charge in [0.1, 0.15) is 5.82 Å². The van der Waals surface area contributed by atoms with Gasteiger partial charge in [0.25, 0.3) is 0 Å². The Hall–Kier alpha value is -1.76. The van der Waals surface area contributed by atoms with Crippen LogP contribution in [0.3, 0.4) is 0 Å². The first-order chi connectivity index (χ1) is 9.44. The lowest BCUT2D eigenvalue weighted by Crippen LogP contribution is -2.07. The van der Waals surface area contributed by atoms with Crippen LogP contribution < -0.4 is 0 Å². The van der Waals surface area contributed by atoms with Crippen molar-refractivity contribution in [2.45, 2.75) is 19.8 Å². The van der Waals surface area contributed by atoms with Gasteiger partial charge in [-0.3, -0.25) is 4.79 Å². The maximum atomic E-state index is 13.3. The van der Waals surface area contributed by atoms with Crippen LogP contribution in [-0.2, 0) is 11.2 Å². The second-order valence-corrected chi connectivity index (χ2v) is 5.48. The highest BCUT2D eigenvalue weighted by Crippen LogP contribution is 2.24. The van der Waals surface area contributed by atoms with E-state index in [1.165, 1.54) is 12.1 Å². The largest absolute Gasteiger partial charge is 0.481 e. The van der Waals surface area contributed by atoms with E-state index in [1.54, 1.807) is 13.0 Å². The Kier molecular flexibility index (Phi) is 4.49. The Morgan fingerprint density at radius 3 is 2.85 bits per heavy atom. The van der Waals surface area contributed by atoms with Crippen LogP contribution in [0.15, 0.2) is 27.1 Å². The number of rotatable bonds is 5. The molecule has 0 saturated heterocycles. The summed E-state index contributed by atoms with van der Waals surface area (Å²) in [6, 6.07) is 4.29. The topological polar surface area (TPSA) is 76.2 Å². The first-order valence-corrected chi connectivity index (χ1v) is 6.74. The fourth-order valence-corrected chi connectivity index (χ4v) is 2.26. The van der Waals surface area contributed by atoms with Gasteiger partial charge in [-0.2, -0.15) is 0 Å². The molecule has 7 heteroatoms. The zero-order valence-electron chi connectivity index (χ0n) is 10.6. The molecule has 1 aromatic heterocycles. The van der Waals surface area contributed by atoms with Crippen LogP contribution in [0.5, 0.6) is 0 Å². The van der Waals surface area contributed by atoms with Gasteiger partial charge in [-0.15, -0.1) is 10.2 Å². The van der Waals surface area contributed by atoms with Crippen molar-refractivity contribution in [3.8, 4) is 11.5 Å². The Labute approximate surface area is 123 Å². The van der Waals surface area contributed by atoms with Gasteiger partial charge in [0.15, 0.2) is 0 Å². The average molecular weight is 343 g/mol. The molecule has 0 aliphatic carbocycles. The van der Waals surface area contributed by atoms with Gasteiger partial charge in [0.2, 0.25) is 11.8 Å². The lowest BCUT2D eigenvalue weighted by atomic mass is 10.0. The van der Waals surface area contributed by atoms with Gasteiger partial charge < -0.3 is 9.52 Å². The number of carboxylic acid groups (broad SMARTS) is 1. The van der Waals surface area contributed by atoms with Crippen LogP contribution in [0, 0.1) is 11.7 Å². The van der Waals surface area contributed by atoms with E-state index in [2.05, 4.69) is 26.1 Å². The Balaban J connectivity index is 2.14. The lowest BCUT2D eigenvalue weighted by molar-refractivity contribution is -0.137. The molecule has 5 nitrogen and oxygen atoms in total. The molecule has 0 radical (unpaired) electrons. The number of nitrogens with zero attached hydrogens (tertiary/aromatic N) is 2. The Morgan fingerprint density at radius 1 is 1.45 bits per heavy atom. The summed E-state index contributed by atoms with van der Waals surface area (Å²) in [4.78, 5) is 10.6. The van der Waals surface area contributed by atoms with Crippen molar-refractivity contribution in [3.05, 3.63) is 34.4 Å². The molecule has 0 spiro atoms. The van der Waals surface area contributed by atoms with E-state index in [-0.39, 0.29) is 18.2 Å². The minimum Gasteiger partial charge on any atom is -0.481 e. The molecule has 0 saturated carbocycles. The molecular formula is C13H12BrFN2O3. The van der Waals surface area contributed by atoms with Gasteiger partial charge in [-0.05, 0) is 24.1 Å². The highest BCUT2D eigenvalue weighted by molar-refractivity contribution is 9.10. The summed E-state index contributed by atoms with van der Waals surface area (Å²) < 4.78 is 19.3. The van der Waals surface area contributed by atoms with E-state index in [1.807, 2.05) is 0 Å². The summed E-state index contributed by atoms with van der Waals surface area (Å²) >= 11 is 3.19. The first kappa shape index (κ1) is 14.6. The van der Waals surface area contributed by atoms with Crippen LogP contribution in [0.25, 0.3) is 11.5 Å². The van der Waals surface area contributed by atoms with Crippen LogP contribution in [0.1, 0.15) is 19.2 Å². The zero-order valence-corrected chi connectivity index (χ0v) is 12.2. The van der Waals surface area contributed by atoms with Crippen molar-refractivity contribution in [2.75, 3.05) is 0 Å². The van der Waals surface area contributed by atoms with Crippen molar-refractivity contribution in [1.82, 2.24) is 10.2 Å². The van der Waals surface area contributed by atoms with Crippen molar-refractivity contribution < 1.29 is 18.7 Å². The molecule has 0 aliphatic rings. The molecular weight excluding hydrogens is 331 g/mol. The molecule has 0 fully saturated rings. The van der Waals surface area contributed by atoms with Gasteiger partial charge >= 0.3 is 5.97 Å². The second-order valence-electron chi connectivity index (χ2n) is 4.57. The van der Waals surface area contributed by atoms with Gasteiger partial charge in [0.05, 0.1) is 0 Å². The van der Waals surface area contributed by atoms with Crippen molar-refractivity contribution in [3.63, 3.8) is 0 Å². The SMILES string of the molecule is CC(CC(=O)O)Cc1nnc(-c2cc(F)cc(Br)c2)o1. The third-order valence-corrected chi connectivity index (χ3v) is 3.08. The third kappa shape index (κ3) is 3.86. The highest BCUT2D eigenvalue weighted by atomic mass is 79.9. The maximum absolute atomic E-state index is 13.3. The van der Waals surface area contributed by atoms with Crippen LogP contribution in [0.2, 0.25) is 0 Å². The summed E-state index contributed by atoms with van der Waals surface area (Å²) in [5.74, 6) is -0.837. The number of benzene rings is 1. The Morgan fingerprint density at radius 2 is 2.20 bits per heavy atom. The van der Waals surface area contributed by atoms with Crippen LogP contribution in [-0.4, -0.2) is 21.3 Å². The van der Waals surface area contributed by atoms with Crippen molar-refractivity contribution in [1.29, 1.82) is 0 Å². The lowest BCUT2D eigenvalue weighted by Gasteiger charge is -2.03. The van der Waals surface area contributed by atoms with Crippen molar-refractivity contribution >= 4 is 21.9 Å². The predicted molar refractivity (Wildman–Crippen MR) is 72.5 cm³/mol. The number of hydrogen-bond acceptors (Lipinski definition) is 4. The monoisotopic (exact) mass is 342 g/mol. The zero-order chi connectivity index (χ0) is 14.7. The van der Waals surface area contributed by atoms with E-state index < -0.39 is 11.8 Å². The molecule has 2 aromatic rings. The molecule has 1 unspecified atom stereocenters. The number of aromatic nitrogens is 2. The minimum absolute atomic E-state index is 0.0310. The van der Waals surface area contributed by atoms with E-state index in [0.29, 0.717) is 22.3 Å². The maximum Gasteiger partial charge on any atom is 0.303 e. The standard InChI is InChI=1S/C13H12BrFN2O3/c1-7(3-12(18)19)2-11-16-17-13(20-11)8-4-9(14)6-10(15)5-8/h4-7H,2-3H2,1H3,(H,18,19). The normalized spacial score (nSPS) is 12.3. The molecule has 1 atom stereocenters. The summed E-state index contributed by atoms with van der Waals surface area (Å²) in [5, 5.41) is 16.4. The number of hydrogen-bond donors (Lipinski definition) is 1. The fraction of sp³-hybridized carbons (Fsp3) is 0.308. The van der Waals surface area contributed by atoms with Crippen LogP contribution in [0.4, 0.5) is 4.39 Å². The van der Waals surface area contributed by atoms with E-state index in [9.17, 15) is 9.18 Å². The smallest absolute Gasteiger partial charge is 0.303 e. The quantitative estimate of drug-likeness (QED) is 0.902. The molecule has 0 aliphatic heterocycles. The van der Waals surface area contributed by atoms with E-state index >= 15 is 0 Å². The molecule has 0 amide bonds. The van der Waals surface area contributed by atoms with Gasteiger partial charge in [-0.25, -0.2) is 4.39 Å². The van der Waals surface area contributed by atoms with E-state index in [0.717, 1.165) is 0 Å². The number of halogens is 2. The molecule has 106 valence electrons. The predicted octanol–water partition coefficient (Wildman–Crippen LogP) is 3.29. The molecule has 1 N–H and O–H groups in total. The number of carbonyl (C=O) groups is 1. The molecule has 2 rings (SSSR count). The first-order valence-electron chi connectivity index (χ1n) is 5.94.